The SMILES string of the molecule is c1ccc(-c2cccc(-c3ccc(-n4c5ccccc5c5ccc6c7ccccc7n(-c7ccc(-c8cc(-c9ccccc9)nc(-c9ccccc9)n8)cc7)c6c54)cc3)c2)cc1. The molecular formula is C58H38N4. The lowest BCUT2D eigenvalue weighted by Crippen LogP contribution is -1.99. The molecule has 12 aromatic rings. The molecule has 3 heterocycles. The third kappa shape index (κ3) is 6.00. The van der Waals surface area contributed by atoms with E-state index in [-0.39, 0.29) is 0 Å². The van der Waals surface area contributed by atoms with Crippen LogP contribution in [0.25, 0.3) is 111 Å². The van der Waals surface area contributed by atoms with E-state index in [0.29, 0.717) is 5.82 Å². The molecule has 0 saturated carbocycles. The van der Waals surface area contributed by atoms with Crippen LogP contribution in [0.15, 0.2) is 231 Å². The fourth-order valence-corrected chi connectivity index (χ4v) is 9.20. The molecule has 62 heavy (non-hydrogen) atoms. The minimum Gasteiger partial charge on any atom is -0.307 e. The molecule has 12 rings (SSSR count). The lowest BCUT2D eigenvalue weighted by atomic mass is 9.99. The fourth-order valence-electron chi connectivity index (χ4n) is 9.20. The summed E-state index contributed by atoms with van der Waals surface area (Å²) in [6.45, 7) is 0. The largest absolute Gasteiger partial charge is 0.307 e. The maximum atomic E-state index is 5.12. The van der Waals surface area contributed by atoms with Crippen molar-refractivity contribution in [3.8, 4) is 67.5 Å². The highest BCUT2D eigenvalue weighted by Crippen LogP contribution is 2.42. The third-order valence-electron chi connectivity index (χ3n) is 12.1. The number of aromatic nitrogens is 4. The Labute approximate surface area is 359 Å². The molecule has 0 amide bonds. The molecule has 0 spiro atoms. The van der Waals surface area contributed by atoms with Crippen molar-refractivity contribution >= 4 is 43.6 Å². The number of benzene rings is 9. The zero-order valence-electron chi connectivity index (χ0n) is 33.7. The maximum Gasteiger partial charge on any atom is 0.160 e. The molecule has 4 heteroatoms. The Morgan fingerprint density at radius 1 is 0.258 bits per heavy atom. The van der Waals surface area contributed by atoms with Gasteiger partial charge in [-0.1, -0.05) is 182 Å². The summed E-state index contributed by atoms with van der Waals surface area (Å²) in [5, 5.41) is 4.88. The first-order valence-electron chi connectivity index (χ1n) is 21.1. The van der Waals surface area contributed by atoms with Gasteiger partial charge in [-0.25, -0.2) is 9.97 Å². The van der Waals surface area contributed by atoms with Gasteiger partial charge in [0.25, 0.3) is 0 Å². The van der Waals surface area contributed by atoms with E-state index in [1.807, 2.05) is 24.3 Å². The summed E-state index contributed by atoms with van der Waals surface area (Å²) < 4.78 is 4.90. The summed E-state index contributed by atoms with van der Waals surface area (Å²) in [6, 6.07) is 82.2. The fraction of sp³-hybridized carbons (Fsp3) is 0. The molecule has 0 aliphatic rings. The van der Waals surface area contributed by atoms with Crippen molar-refractivity contribution in [3.05, 3.63) is 231 Å². The van der Waals surface area contributed by atoms with Crippen molar-refractivity contribution in [2.45, 2.75) is 0 Å². The summed E-state index contributed by atoms with van der Waals surface area (Å²) >= 11 is 0. The molecule has 4 nitrogen and oxygen atoms in total. The topological polar surface area (TPSA) is 35.6 Å². The van der Waals surface area contributed by atoms with Gasteiger partial charge in [0, 0.05) is 49.6 Å². The van der Waals surface area contributed by atoms with E-state index >= 15 is 0 Å². The Morgan fingerprint density at radius 3 is 1.16 bits per heavy atom. The summed E-state index contributed by atoms with van der Waals surface area (Å²) in [5.41, 5.74) is 16.5. The number of para-hydroxylation sites is 2. The van der Waals surface area contributed by atoms with E-state index in [9.17, 15) is 0 Å². The zero-order valence-corrected chi connectivity index (χ0v) is 33.7. The Hall–Kier alpha value is -8.34. The number of hydrogen-bond donors (Lipinski definition) is 0. The van der Waals surface area contributed by atoms with E-state index in [0.717, 1.165) is 45.0 Å². The van der Waals surface area contributed by atoms with Gasteiger partial charge >= 0.3 is 0 Å². The Balaban J connectivity index is 1.02. The van der Waals surface area contributed by atoms with Crippen LogP contribution in [0.1, 0.15) is 0 Å². The van der Waals surface area contributed by atoms with Crippen molar-refractivity contribution in [2.24, 2.45) is 0 Å². The monoisotopic (exact) mass is 790 g/mol. The van der Waals surface area contributed by atoms with Crippen LogP contribution in [-0.4, -0.2) is 19.1 Å². The first-order chi connectivity index (χ1) is 30.7. The van der Waals surface area contributed by atoms with Gasteiger partial charge < -0.3 is 9.13 Å². The van der Waals surface area contributed by atoms with E-state index in [4.69, 9.17) is 9.97 Å². The molecule has 0 bridgehead atoms. The minimum absolute atomic E-state index is 0.706. The highest BCUT2D eigenvalue weighted by atomic mass is 15.0. The summed E-state index contributed by atoms with van der Waals surface area (Å²) in [7, 11) is 0. The van der Waals surface area contributed by atoms with Gasteiger partial charge in [-0.15, -0.1) is 0 Å². The Morgan fingerprint density at radius 2 is 0.645 bits per heavy atom. The predicted molar refractivity (Wildman–Crippen MR) is 258 cm³/mol. The third-order valence-corrected chi connectivity index (χ3v) is 12.1. The second-order valence-corrected chi connectivity index (χ2v) is 15.8. The first-order valence-corrected chi connectivity index (χ1v) is 21.1. The molecule has 3 aromatic heterocycles. The van der Waals surface area contributed by atoms with Crippen LogP contribution >= 0.6 is 0 Å². The molecule has 0 unspecified atom stereocenters. The van der Waals surface area contributed by atoms with Crippen molar-refractivity contribution < 1.29 is 0 Å². The molecule has 290 valence electrons. The molecule has 0 radical (unpaired) electrons. The Kier molecular flexibility index (Phi) is 8.46. The summed E-state index contributed by atoms with van der Waals surface area (Å²) in [5.74, 6) is 0.706. The van der Waals surface area contributed by atoms with Crippen molar-refractivity contribution in [1.29, 1.82) is 0 Å². The lowest BCUT2D eigenvalue weighted by Gasteiger charge is -2.14. The van der Waals surface area contributed by atoms with Crippen LogP contribution in [-0.2, 0) is 0 Å². The van der Waals surface area contributed by atoms with Gasteiger partial charge in [0.1, 0.15) is 0 Å². The molecule has 0 aliphatic carbocycles. The normalized spacial score (nSPS) is 11.5. The van der Waals surface area contributed by atoms with Gasteiger partial charge in [0.2, 0.25) is 0 Å². The highest BCUT2D eigenvalue weighted by molar-refractivity contribution is 6.23. The summed E-state index contributed by atoms with van der Waals surface area (Å²) in [4.78, 5) is 10.1. The molecule has 0 fully saturated rings. The van der Waals surface area contributed by atoms with Gasteiger partial charge in [-0.3, -0.25) is 0 Å². The summed E-state index contributed by atoms with van der Waals surface area (Å²) in [6.07, 6.45) is 0. The predicted octanol–water partition coefficient (Wildman–Crippen LogP) is 15.0. The van der Waals surface area contributed by atoms with E-state index in [1.165, 1.54) is 60.3 Å². The maximum absolute atomic E-state index is 5.12. The van der Waals surface area contributed by atoms with Gasteiger partial charge in [-0.2, -0.15) is 0 Å². The average molecular weight is 791 g/mol. The number of fused-ring (bicyclic) bond motifs is 7. The van der Waals surface area contributed by atoms with Crippen molar-refractivity contribution in [3.63, 3.8) is 0 Å². The van der Waals surface area contributed by atoms with Gasteiger partial charge in [0.05, 0.1) is 33.5 Å². The molecule has 0 aliphatic heterocycles. The number of nitrogens with zero attached hydrogens (tertiary/aromatic N) is 4. The van der Waals surface area contributed by atoms with Crippen LogP contribution < -0.4 is 0 Å². The smallest absolute Gasteiger partial charge is 0.160 e. The molecular weight excluding hydrogens is 753 g/mol. The molecule has 9 aromatic carbocycles. The Bertz CT molecular complexity index is 3530. The minimum atomic E-state index is 0.706. The quantitative estimate of drug-likeness (QED) is 0.161. The second kappa shape index (κ2) is 14.7. The number of hydrogen-bond acceptors (Lipinski definition) is 2. The van der Waals surface area contributed by atoms with Crippen molar-refractivity contribution in [1.82, 2.24) is 19.1 Å². The van der Waals surface area contributed by atoms with Crippen LogP contribution in [0, 0.1) is 0 Å². The highest BCUT2D eigenvalue weighted by Gasteiger charge is 2.21. The van der Waals surface area contributed by atoms with Crippen LogP contribution in [0.2, 0.25) is 0 Å². The van der Waals surface area contributed by atoms with E-state index in [2.05, 4.69) is 215 Å². The lowest BCUT2D eigenvalue weighted by molar-refractivity contribution is 1.15. The number of rotatable bonds is 7. The standard InChI is InChI=1S/C58H38N4/c1-4-15-39(16-5-1)44-21-14-22-45(37-44)40-27-31-46(32-28-40)61-54-25-12-10-23-48(54)50-35-36-51-49-24-11-13-26-55(49)62(57(51)56(50)61)47-33-29-42(30-34-47)53-38-52(41-17-6-2-7-18-41)59-58(60-53)43-19-8-3-9-20-43/h1-38H. The molecule has 0 atom stereocenters. The van der Waals surface area contributed by atoms with E-state index < -0.39 is 0 Å². The average Bonchev–Trinajstić information content (AvgIpc) is 3.88. The molecule has 0 N–H and O–H groups in total. The van der Waals surface area contributed by atoms with Crippen LogP contribution in [0.3, 0.4) is 0 Å². The van der Waals surface area contributed by atoms with Crippen LogP contribution in [0.4, 0.5) is 0 Å². The van der Waals surface area contributed by atoms with Gasteiger partial charge in [0.15, 0.2) is 5.82 Å². The molecule has 0 saturated heterocycles. The van der Waals surface area contributed by atoms with E-state index in [1.54, 1.807) is 0 Å². The van der Waals surface area contributed by atoms with Crippen LogP contribution in [0.5, 0.6) is 0 Å². The zero-order chi connectivity index (χ0) is 41.0. The second-order valence-electron chi connectivity index (χ2n) is 15.8. The van der Waals surface area contributed by atoms with Gasteiger partial charge in [-0.05, 0) is 70.8 Å². The first kappa shape index (κ1) is 35.6. The van der Waals surface area contributed by atoms with Crippen molar-refractivity contribution in [2.75, 3.05) is 0 Å².